The summed E-state index contributed by atoms with van der Waals surface area (Å²) in [6.45, 7) is 2.93. The van der Waals surface area contributed by atoms with Gasteiger partial charge in [0.05, 0.1) is 0 Å². The third-order valence-electron chi connectivity index (χ3n) is 2.36. The summed E-state index contributed by atoms with van der Waals surface area (Å²) >= 11 is 3.44. The summed E-state index contributed by atoms with van der Waals surface area (Å²) in [4.78, 5) is 2.33. The molecule has 0 aliphatic heterocycles. The Morgan fingerprint density at radius 3 is 2.47 bits per heavy atom. The molecule has 15 heavy (non-hydrogen) atoms. The van der Waals surface area contributed by atoms with Crippen LogP contribution in [-0.2, 0) is 6.54 Å². The normalized spacial score (nSPS) is 10.9. The fraction of sp³-hybridized carbons (Fsp3) is 0.500. The zero-order valence-electron chi connectivity index (χ0n) is 9.25. The number of unbranched alkanes of at least 4 members (excludes halogenated alkanes) is 1. The molecule has 0 saturated carbocycles. The predicted octanol–water partition coefficient (Wildman–Crippen LogP) is 2.62. The summed E-state index contributed by atoms with van der Waals surface area (Å²) < 4.78 is 1.14. The first-order chi connectivity index (χ1) is 7.22. The van der Waals surface area contributed by atoms with Crippen molar-refractivity contribution in [2.45, 2.75) is 19.4 Å². The van der Waals surface area contributed by atoms with Gasteiger partial charge in [0.2, 0.25) is 0 Å². The van der Waals surface area contributed by atoms with Crippen LogP contribution in [0.15, 0.2) is 28.7 Å². The Morgan fingerprint density at radius 1 is 1.20 bits per heavy atom. The van der Waals surface area contributed by atoms with Gasteiger partial charge in [-0.3, -0.25) is 0 Å². The maximum Gasteiger partial charge on any atom is 0.0230 e. The molecule has 0 radical (unpaired) electrons. The van der Waals surface area contributed by atoms with E-state index in [1.165, 1.54) is 12.0 Å². The molecule has 0 aliphatic rings. The summed E-state index contributed by atoms with van der Waals surface area (Å²) in [5, 5.41) is 0. The van der Waals surface area contributed by atoms with E-state index in [0.717, 1.165) is 30.5 Å². The lowest BCUT2D eigenvalue weighted by Crippen LogP contribution is -2.19. The van der Waals surface area contributed by atoms with Crippen LogP contribution in [0.4, 0.5) is 0 Å². The van der Waals surface area contributed by atoms with Crippen molar-refractivity contribution >= 4 is 15.9 Å². The van der Waals surface area contributed by atoms with E-state index in [0.29, 0.717) is 0 Å². The Bertz CT molecular complexity index is 271. The predicted molar refractivity (Wildman–Crippen MR) is 68.8 cm³/mol. The van der Waals surface area contributed by atoms with Crippen molar-refractivity contribution in [3.05, 3.63) is 34.3 Å². The van der Waals surface area contributed by atoms with E-state index in [1.807, 2.05) is 0 Å². The van der Waals surface area contributed by atoms with E-state index in [4.69, 9.17) is 5.73 Å². The van der Waals surface area contributed by atoms with E-state index in [1.54, 1.807) is 0 Å². The van der Waals surface area contributed by atoms with Gasteiger partial charge >= 0.3 is 0 Å². The summed E-state index contributed by atoms with van der Waals surface area (Å²) in [5.74, 6) is 0. The molecule has 84 valence electrons. The Labute approximate surface area is 101 Å². The summed E-state index contributed by atoms with van der Waals surface area (Å²) in [6, 6.07) is 8.49. The molecule has 0 atom stereocenters. The zero-order chi connectivity index (χ0) is 11.1. The molecule has 1 aromatic carbocycles. The molecular weight excluding hydrogens is 252 g/mol. The minimum absolute atomic E-state index is 0.798. The fourth-order valence-corrected chi connectivity index (χ4v) is 1.77. The Hall–Kier alpha value is -0.380. The first kappa shape index (κ1) is 12.7. The number of nitrogens with zero attached hydrogens (tertiary/aromatic N) is 1. The highest BCUT2D eigenvalue weighted by molar-refractivity contribution is 9.10. The Balaban J connectivity index is 2.31. The lowest BCUT2D eigenvalue weighted by Gasteiger charge is -2.16. The monoisotopic (exact) mass is 270 g/mol. The van der Waals surface area contributed by atoms with Crippen molar-refractivity contribution in [2.24, 2.45) is 5.73 Å². The van der Waals surface area contributed by atoms with Crippen molar-refractivity contribution in [1.29, 1.82) is 0 Å². The number of hydrogen-bond donors (Lipinski definition) is 1. The number of halogens is 1. The van der Waals surface area contributed by atoms with Crippen molar-refractivity contribution in [3.8, 4) is 0 Å². The molecule has 0 bridgehead atoms. The van der Waals surface area contributed by atoms with E-state index in [-0.39, 0.29) is 0 Å². The van der Waals surface area contributed by atoms with Crippen molar-refractivity contribution in [2.75, 3.05) is 20.1 Å². The van der Waals surface area contributed by atoms with Crippen molar-refractivity contribution in [3.63, 3.8) is 0 Å². The van der Waals surface area contributed by atoms with Gasteiger partial charge in [-0.2, -0.15) is 0 Å². The molecular formula is C12H19BrN2. The molecule has 0 heterocycles. The lowest BCUT2D eigenvalue weighted by molar-refractivity contribution is 0.319. The Morgan fingerprint density at radius 2 is 1.87 bits per heavy atom. The molecule has 0 aromatic heterocycles. The van der Waals surface area contributed by atoms with Crippen LogP contribution in [-0.4, -0.2) is 25.0 Å². The number of benzene rings is 1. The van der Waals surface area contributed by atoms with Gasteiger partial charge in [0, 0.05) is 11.0 Å². The molecule has 0 fully saturated rings. The van der Waals surface area contributed by atoms with Crippen LogP contribution < -0.4 is 5.73 Å². The van der Waals surface area contributed by atoms with Crippen LogP contribution in [0.3, 0.4) is 0 Å². The highest BCUT2D eigenvalue weighted by atomic mass is 79.9. The highest BCUT2D eigenvalue weighted by Crippen LogP contribution is 2.11. The first-order valence-corrected chi connectivity index (χ1v) is 6.14. The van der Waals surface area contributed by atoms with E-state index < -0.39 is 0 Å². The minimum atomic E-state index is 0.798. The van der Waals surface area contributed by atoms with E-state index in [2.05, 4.69) is 52.1 Å². The van der Waals surface area contributed by atoms with E-state index >= 15 is 0 Å². The molecule has 0 saturated heterocycles. The standard InChI is InChI=1S/C12H19BrN2/c1-15(9-3-2-8-14)10-11-4-6-12(13)7-5-11/h4-7H,2-3,8-10,14H2,1H3. The quantitative estimate of drug-likeness (QED) is 0.806. The van der Waals surface area contributed by atoms with Crippen LogP contribution >= 0.6 is 15.9 Å². The second-order valence-corrected chi connectivity index (χ2v) is 4.78. The maximum atomic E-state index is 5.46. The molecule has 2 nitrogen and oxygen atoms in total. The van der Waals surface area contributed by atoms with Crippen LogP contribution in [0, 0.1) is 0 Å². The summed E-state index contributed by atoms with van der Waals surface area (Å²) in [7, 11) is 2.15. The molecule has 0 amide bonds. The topological polar surface area (TPSA) is 29.3 Å². The number of rotatable bonds is 6. The van der Waals surface area contributed by atoms with E-state index in [9.17, 15) is 0 Å². The third kappa shape index (κ3) is 5.30. The fourth-order valence-electron chi connectivity index (χ4n) is 1.51. The molecule has 2 N–H and O–H groups in total. The highest BCUT2D eigenvalue weighted by Gasteiger charge is 1.99. The lowest BCUT2D eigenvalue weighted by atomic mass is 10.2. The smallest absolute Gasteiger partial charge is 0.0230 e. The second kappa shape index (κ2) is 6.99. The molecule has 0 unspecified atom stereocenters. The third-order valence-corrected chi connectivity index (χ3v) is 2.89. The molecule has 1 rings (SSSR count). The summed E-state index contributed by atoms with van der Waals surface area (Å²) in [5.41, 5.74) is 6.82. The molecule has 1 aromatic rings. The van der Waals surface area contributed by atoms with Crippen LogP contribution in [0.25, 0.3) is 0 Å². The number of nitrogens with two attached hydrogens (primary N) is 1. The maximum absolute atomic E-state index is 5.46. The van der Waals surface area contributed by atoms with Gasteiger partial charge < -0.3 is 10.6 Å². The van der Waals surface area contributed by atoms with Gasteiger partial charge in [0.1, 0.15) is 0 Å². The van der Waals surface area contributed by atoms with Crippen LogP contribution in [0.2, 0.25) is 0 Å². The van der Waals surface area contributed by atoms with Gasteiger partial charge in [-0.1, -0.05) is 28.1 Å². The van der Waals surface area contributed by atoms with Crippen molar-refractivity contribution < 1.29 is 0 Å². The zero-order valence-corrected chi connectivity index (χ0v) is 10.8. The Kier molecular flexibility index (Phi) is 5.91. The van der Waals surface area contributed by atoms with Gasteiger partial charge in [0.15, 0.2) is 0 Å². The van der Waals surface area contributed by atoms with Crippen molar-refractivity contribution in [1.82, 2.24) is 4.90 Å². The first-order valence-electron chi connectivity index (χ1n) is 5.35. The average molecular weight is 271 g/mol. The molecule has 0 aliphatic carbocycles. The van der Waals surface area contributed by atoms with Gasteiger partial charge in [-0.25, -0.2) is 0 Å². The molecule has 0 spiro atoms. The largest absolute Gasteiger partial charge is 0.330 e. The van der Waals surface area contributed by atoms with Crippen LogP contribution in [0.5, 0.6) is 0 Å². The molecule has 3 heteroatoms. The number of hydrogen-bond acceptors (Lipinski definition) is 2. The van der Waals surface area contributed by atoms with Gasteiger partial charge in [-0.05, 0) is 50.7 Å². The summed E-state index contributed by atoms with van der Waals surface area (Å²) in [6.07, 6.45) is 2.30. The second-order valence-electron chi connectivity index (χ2n) is 3.86. The SMILES string of the molecule is CN(CCCCN)Cc1ccc(Br)cc1. The van der Waals surface area contributed by atoms with Gasteiger partial charge in [0.25, 0.3) is 0 Å². The van der Waals surface area contributed by atoms with Crippen LogP contribution in [0.1, 0.15) is 18.4 Å². The van der Waals surface area contributed by atoms with Gasteiger partial charge in [-0.15, -0.1) is 0 Å². The minimum Gasteiger partial charge on any atom is -0.330 e. The average Bonchev–Trinajstić information content (AvgIpc) is 2.22.